The molecule has 0 amide bonds. The van der Waals surface area contributed by atoms with E-state index in [4.69, 9.17) is 21.1 Å². The predicted molar refractivity (Wildman–Crippen MR) is 72.1 cm³/mol. The fraction of sp³-hybridized carbons (Fsp3) is 0.846. The Bertz CT molecular complexity index is 349. The maximum Gasteiger partial charge on any atom is 0.302 e. The highest BCUT2D eigenvalue weighted by molar-refractivity contribution is 6.20. The van der Waals surface area contributed by atoms with E-state index in [0.29, 0.717) is 18.4 Å². The molecule has 104 valence electrons. The third kappa shape index (κ3) is 3.61. The van der Waals surface area contributed by atoms with E-state index >= 15 is 0 Å². The molecule has 0 aromatic rings. The standard InChI is InChI=1S/C13H22ClNO3/c1-9(16)18-8-13(5,7-14)11-15-10(6-17-11)12(2,3)4/h10H,6-8H2,1-5H3/t10-,13?/m1/s1. The van der Waals surface area contributed by atoms with Crippen LogP contribution >= 0.6 is 11.6 Å². The van der Waals surface area contributed by atoms with Gasteiger partial charge in [-0.15, -0.1) is 11.6 Å². The molecule has 1 aliphatic rings. The summed E-state index contributed by atoms with van der Waals surface area (Å²) in [6.45, 7) is 10.4. The average molecular weight is 276 g/mol. The summed E-state index contributed by atoms with van der Waals surface area (Å²) < 4.78 is 10.7. The van der Waals surface area contributed by atoms with Crippen LogP contribution in [-0.4, -0.2) is 37.0 Å². The summed E-state index contributed by atoms with van der Waals surface area (Å²) in [6, 6.07) is 0.118. The molecule has 0 aromatic heterocycles. The first-order valence-corrected chi connectivity index (χ1v) is 6.63. The zero-order chi connectivity index (χ0) is 14.0. The molecule has 0 radical (unpaired) electrons. The normalized spacial score (nSPS) is 23.0. The van der Waals surface area contributed by atoms with Crippen molar-refractivity contribution in [3.63, 3.8) is 0 Å². The lowest BCUT2D eigenvalue weighted by atomic mass is 9.88. The van der Waals surface area contributed by atoms with Gasteiger partial charge in [0.2, 0.25) is 0 Å². The molecule has 5 heteroatoms. The quantitative estimate of drug-likeness (QED) is 0.585. The molecule has 4 nitrogen and oxygen atoms in total. The van der Waals surface area contributed by atoms with Crippen LogP contribution in [0.2, 0.25) is 0 Å². The topological polar surface area (TPSA) is 47.9 Å². The fourth-order valence-corrected chi connectivity index (χ4v) is 1.76. The molecule has 0 saturated carbocycles. The van der Waals surface area contributed by atoms with Crippen molar-refractivity contribution >= 4 is 23.5 Å². The number of alkyl halides is 1. The summed E-state index contributed by atoms with van der Waals surface area (Å²) in [5.74, 6) is 0.576. The molecule has 0 N–H and O–H groups in total. The van der Waals surface area contributed by atoms with Gasteiger partial charge in [-0.05, 0) is 12.3 Å². The molecule has 1 unspecified atom stereocenters. The van der Waals surface area contributed by atoms with Gasteiger partial charge < -0.3 is 9.47 Å². The number of hydrogen-bond donors (Lipinski definition) is 0. The van der Waals surface area contributed by atoms with Gasteiger partial charge in [-0.25, -0.2) is 4.99 Å². The largest absolute Gasteiger partial charge is 0.478 e. The number of esters is 1. The molecule has 2 atom stereocenters. The lowest BCUT2D eigenvalue weighted by Crippen LogP contribution is -2.35. The Morgan fingerprint density at radius 3 is 2.50 bits per heavy atom. The van der Waals surface area contributed by atoms with Crippen molar-refractivity contribution in [3.8, 4) is 0 Å². The number of halogens is 1. The Balaban J connectivity index is 2.80. The van der Waals surface area contributed by atoms with Gasteiger partial charge in [0, 0.05) is 12.8 Å². The molecule has 0 fully saturated rings. The predicted octanol–water partition coefficient (Wildman–Crippen LogP) is 2.64. The fourth-order valence-electron chi connectivity index (χ4n) is 1.57. The second kappa shape index (κ2) is 5.47. The molecule has 0 spiro atoms. The van der Waals surface area contributed by atoms with E-state index in [1.54, 1.807) is 0 Å². The molecule has 1 rings (SSSR count). The summed E-state index contributed by atoms with van der Waals surface area (Å²) >= 11 is 5.98. The first-order valence-electron chi connectivity index (χ1n) is 6.09. The van der Waals surface area contributed by atoms with Crippen LogP contribution in [0.15, 0.2) is 4.99 Å². The Hall–Kier alpha value is -0.770. The smallest absolute Gasteiger partial charge is 0.302 e. The van der Waals surface area contributed by atoms with E-state index in [9.17, 15) is 4.79 Å². The molecule has 1 heterocycles. The molecule has 0 bridgehead atoms. The van der Waals surface area contributed by atoms with E-state index in [0.717, 1.165) is 0 Å². The highest BCUT2D eigenvalue weighted by atomic mass is 35.5. The summed E-state index contributed by atoms with van der Waals surface area (Å²) in [5, 5.41) is 0. The van der Waals surface area contributed by atoms with Crippen LogP contribution in [0.5, 0.6) is 0 Å². The van der Waals surface area contributed by atoms with Crippen LogP contribution in [0.3, 0.4) is 0 Å². The minimum Gasteiger partial charge on any atom is -0.478 e. The van der Waals surface area contributed by atoms with E-state index in [2.05, 4.69) is 25.8 Å². The average Bonchev–Trinajstić information content (AvgIpc) is 2.75. The maximum absolute atomic E-state index is 10.9. The van der Waals surface area contributed by atoms with Crippen molar-refractivity contribution in [3.05, 3.63) is 0 Å². The Morgan fingerprint density at radius 2 is 2.11 bits per heavy atom. The van der Waals surface area contributed by atoms with E-state index in [1.807, 2.05) is 6.92 Å². The molecular formula is C13H22ClNO3. The second-order valence-corrected chi connectivity index (χ2v) is 6.37. The van der Waals surface area contributed by atoms with Crippen LogP contribution in [0.4, 0.5) is 0 Å². The third-order valence-electron chi connectivity index (χ3n) is 3.06. The molecular weight excluding hydrogens is 254 g/mol. The summed E-state index contributed by atoms with van der Waals surface area (Å²) in [6.07, 6.45) is 0. The van der Waals surface area contributed by atoms with Gasteiger partial charge in [0.1, 0.15) is 13.2 Å². The van der Waals surface area contributed by atoms with E-state index in [1.165, 1.54) is 6.92 Å². The molecule has 0 saturated heterocycles. The van der Waals surface area contributed by atoms with Gasteiger partial charge in [0.15, 0.2) is 5.90 Å². The minimum absolute atomic E-state index is 0.0520. The lowest BCUT2D eigenvalue weighted by molar-refractivity contribution is -0.142. The zero-order valence-electron chi connectivity index (χ0n) is 11.7. The highest BCUT2D eigenvalue weighted by Gasteiger charge is 2.40. The van der Waals surface area contributed by atoms with Crippen LogP contribution in [0.25, 0.3) is 0 Å². The minimum atomic E-state index is -0.548. The van der Waals surface area contributed by atoms with Crippen molar-refractivity contribution in [1.29, 1.82) is 0 Å². The van der Waals surface area contributed by atoms with Crippen LogP contribution in [0.1, 0.15) is 34.6 Å². The number of rotatable bonds is 4. The Kier molecular flexibility index (Phi) is 4.65. The van der Waals surface area contributed by atoms with Crippen molar-refractivity contribution in [2.45, 2.75) is 40.7 Å². The van der Waals surface area contributed by atoms with E-state index < -0.39 is 5.41 Å². The van der Waals surface area contributed by atoms with E-state index in [-0.39, 0.29) is 24.0 Å². The summed E-state index contributed by atoms with van der Waals surface area (Å²) in [4.78, 5) is 15.5. The number of hydrogen-bond acceptors (Lipinski definition) is 4. The monoisotopic (exact) mass is 275 g/mol. The lowest BCUT2D eigenvalue weighted by Gasteiger charge is -2.25. The maximum atomic E-state index is 10.9. The highest BCUT2D eigenvalue weighted by Crippen LogP contribution is 2.32. The van der Waals surface area contributed by atoms with Gasteiger partial charge in [-0.2, -0.15) is 0 Å². The summed E-state index contributed by atoms with van der Waals surface area (Å²) in [7, 11) is 0. The molecule has 0 aromatic carbocycles. The van der Waals surface area contributed by atoms with Crippen LogP contribution in [-0.2, 0) is 14.3 Å². The SMILES string of the molecule is CC(=O)OCC(C)(CCl)C1=N[C@@H](C(C)(C)C)CO1. The second-order valence-electron chi connectivity index (χ2n) is 6.10. The van der Waals surface area contributed by atoms with Gasteiger partial charge in [0.05, 0.1) is 11.5 Å². The van der Waals surface area contributed by atoms with Crippen LogP contribution < -0.4 is 0 Å². The van der Waals surface area contributed by atoms with Crippen molar-refractivity contribution < 1.29 is 14.3 Å². The Morgan fingerprint density at radius 1 is 1.50 bits per heavy atom. The van der Waals surface area contributed by atoms with Crippen molar-refractivity contribution in [2.75, 3.05) is 19.1 Å². The van der Waals surface area contributed by atoms with Gasteiger partial charge in [-0.3, -0.25) is 4.79 Å². The Labute approximate surface area is 114 Å². The number of aliphatic imine (C=N–C) groups is 1. The molecule has 1 aliphatic heterocycles. The van der Waals surface area contributed by atoms with Gasteiger partial charge in [0.25, 0.3) is 0 Å². The van der Waals surface area contributed by atoms with Gasteiger partial charge >= 0.3 is 5.97 Å². The number of carbonyl (C=O) groups is 1. The number of ether oxygens (including phenoxy) is 2. The first-order chi connectivity index (χ1) is 8.19. The summed E-state index contributed by atoms with van der Waals surface area (Å²) in [5.41, 5.74) is -0.496. The zero-order valence-corrected chi connectivity index (χ0v) is 12.5. The van der Waals surface area contributed by atoms with Crippen LogP contribution in [0, 0.1) is 10.8 Å². The molecule has 0 aliphatic carbocycles. The first kappa shape index (κ1) is 15.3. The van der Waals surface area contributed by atoms with Crippen molar-refractivity contribution in [2.24, 2.45) is 15.8 Å². The molecule has 18 heavy (non-hydrogen) atoms. The van der Waals surface area contributed by atoms with Crippen molar-refractivity contribution in [1.82, 2.24) is 0 Å². The number of carbonyl (C=O) groups excluding carboxylic acids is 1. The van der Waals surface area contributed by atoms with Gasteiger partial charge in [-0.1, -0.05) is 20.8 Å². The number of nitrogens with zero attached hydrogens (tertiary/aromatic N) is 1. The third-order valence-corrected chi connectivity index (χ3v) is 3.65.